The Morgan fingerprint density at radius 3 is 2.53 bits per heavy atom. The Hall–Kier alpha value is -3.96. The van der Waals surface area contributed by atoms with Gasteiger partial charge in [0, 0.05) is 43.8 Å². The van der Waals surface area contributed by atoms with Crippen molar-refractivity contribution < 1.29 is 4.74 Å². The molecule has 1 atom stereocenters. The summed E-state index contributed by atoms with van der Waals surface area (Å²) in [6, 6.07) is 16.2. The third-order valence-electron chi connectivity index (χ3n) is 6.30. The van der Waals surface area contributed by atoms with Crippen LogP contribution in [0.3, 0.4) is 0 Å². The fraction of sp³-hybridized carbons (Fsp3) is 0.308. The van der Waals surface area contributed by atoms with E-state index in [-0.39, 0.29) is 0 Å². The molecule has 0 radical (unpaired) electrons. The SMILES string of the molecule is C=CC1CCN(c2ccc(-c3ccnc(Nc4ccc(N5CCOCC5)cc4)n3)nc2C#N)C1. The smallest absolute Gasteiger partial charge is 0.227 e. The van der Waals surface area contributed by atoms with Gasteiger partial charge in [0.15, 0.2) is 5.69 Å². The topological polar surface area (TPSA) is 90.2 Å². The lowest BCUT2D eigenvalue weighted by Gasteiger charge is -2.28. The number of nitrogens with zero attached hydrogens (tertiary/aromatic N) is 6. The van der Waals surface area contributed by atoms with Gasteiger partial charge in [-0.25, -0.2) is 15.0 Å². The Kier molecular flexibility index (Phi) is 6.36. The van der Waals surface area contributed by atoms with Gasteiger partial charge in [-0.15, -0.1) is 6.58 Å². The maximum absolute atomic E-state index is 9.72. The number of nitriles is 1. The molecule has 0 saturated carbocycles. The first kappa shape index (κ1) is 21.9. The number of pyridine rings is 1. The summed E-state index contributed by atoms with van der Waals surface area (Å²) in [7, 11) is 0. The van der Waals surface area contributed by atoms with Crippen molar-refractivity contribution in [2.75, 3.05) is 54.5 Å². The summed E-state index contributed by atoms with van der Waals surface area (Å²) in [5.41, 5.74) is 4.66. The van der Waals surface area contributed by atoms with Gasteiger partial charge in [0.2, 0.25) is 5.95 Å². The fourth-order valence-electron chi connectivity index (χ4n) is 4.40. The molecule has 0 bridgehead atoms. The van der Waals surface area contributed by atoms with Crippen LogP contribution in [0, 0.1) is 17.2 Å². The van der Waals surface area contributed by atoms with Crippen molar-refractivity contribution in [3.8, 4) is 17.5 Å². The quantitative estimate of drug-likeness (QED) is 0.560. The molecule has 2 aliphatic heterocycles. The van der Waals surface area contributed by atoms with Gasteiger partial charge in [-0.2, -0.15) is 5.26 Å². The molecule has 1 unspecified atom stereocenters. The van der Waals surface area contributed by atoms with E-state index in [4.69, 9.17) is 4.74 Å². The minimum absolute atomic E-state index is 0.411. The summed E-state index contributed by atoms with van der Waals surface area (Å²) in [5, 5.41) is 13.0. The van der Waals surface area contributed by atoms with Crippen LogP contribution in [0.15, 0.2) is 61.3 Å². The van der Waals surface area contributed by atoms with E-state index in [2.05, 4.69) is 54.8 Å². The molecule has 4 heterocycles. The molecule has 172 valence electrons. The Morgan fingerprint density at radius 1 is 1.00 bits per heavy atom. The summed E-state index contributed by atoms with van der Waals surface area (Å²) in [4.78, 5) is 18.1. The second kappa shape index (κ2) is 9.89. The van der Waals surface area contributed by atoms with Crippen molar-refractivity contribution in [1.29, 1.82) is 5.26 Å². The van der Waals surface area contributed by atoms with Crippen LogP contribution in [-0.4, -0.2) is 54.3 Å². The van der Waals surface area contributed by atoms with E-state index in [1.54, 1.807) is 12.3 Å². The van der Waals surface area contributed by atoms with Crippen molar-refractivity contribution in [3.63, 3.8) is 0 Å². The number of nitrogens with one attached hydrogen (secondary N) is 1. The Bertz CT molecular complexity index is 1200. The van der Waals surface area contributed by atoms with E-state index in [9.17, 15) is 5.26 Å². The van der Waals surface area contributed by atoms with E-state index in [0.29, 0.717) is 28.9 Å². The van der Waals surface area contributed by atoms with Crippen molar-refractivity contribution in [2.45, 2.75) is 6.42 Å². The van der Waals surface area contributed by atoms with Gasteiger partial charge in [0.1, 0.15) is 6.07 Å². The molecule has 3 aromatic rings. The predicted molar refractivity (Wildman–Crippen MR) is 133 cm³/mol. The molecule has 2 aliphatic rings. The first-order valence-corrected chi connectivity index (χ1v) is 11.6. The van der Waals surface area contributed by atoms with Gasteiger partial charge in [-0.3, -0.25) is 0 Å². The van der Waals surface area contributed by atoms with E-state index >= 15 is 0 Å². The second-order valence-electron chi connectivity index (χ2n) is 8.44. The molecule has 1 N–H and O–H groups in total. The first-order chi connectivity index (χ1) is 16.7. The van der Waals surface area contributed by atoms with Crippen LogP contribution >= 0.6 is 0 Å². The molecule has 0 amide bonds. The average Bonchev–Trinajstić information content (AvgIpc) is 3.39. The number of ether oxygens (including phenoxy) is 1. The standard InChI is InChI=1S/C26H27N7O/c1-2-19-10-12-33(18-19)25-8-7-22(30-24(25)17-27)23-9-11-28-26(31-23)29-20-3-5-21(6-4-20)32-13-15-34-16-14-32/h2-9,11,19H,1,10,12-16,18H2,(H,28,29,31). The molecule has 1 aromatic carbocycles. The molecular formula is C26H27N7O. The maximum atomic E-state index is 9.72. The zero-order valence-corrected chi connectivity index (χ0v) is 19.0. The molecule has 2 aromatic heterocycles. The van der Waals surface area contributed by atoms with Gasteiger partial charge in [0.05, 0.1) is 30.3 Å². The van der Waals surface area contributed by atoms with Crippen LogP contribution in [-0.2, 0) is 4.74 Å². The van der Waals surface area contributed by atoms with E-state index in [0.717, 1.165) is 57.2 Å². The van der Waals surface area contributed by atoms with E-state index in [1.165, 1.54) is 5.69 Å². The van der Waals surface area contributed by atoms with Crippen molar-refractivity contribution in [2.24, 2.45) is 5.92 Å². The molecule has 34 heavy (non-hydrogen) atoms. The minimum atomic E-state index is 0.411. The normalized spacial score (nSPS) is 17.9. The molecular weight excluding hydrogens is 426 g/mol. The molecule has 8 nitrogen and oxygen atoms in total. The number of hydrogen-bond acceptors (Lipinski definition) is 8. The molecule has 5 rings (SSSR count). The van der Waals surface area contributed by atoms with Crippen molar-refractivity contribution in [3.05, 3.63) is 67.0 Å². The fourth-order valence-corrected chi connectivity index (χ4v) is 4.40. The highest BCUT2D eigenvalue weighted by molar-refractivity contribution is 5.65. The Labute approximate surface area is 199 Å². The summed E-state index contributed by atoms with van der Waals surface area (Å²) < 4.78 is 5.43. The van der Waals surface area contributed by atoms with Gasteiger partial charge in [0.25, 0.3) is 0 Å². The first-order valence-electron chi connectivity index (χ1n) is 11.6. The van der Waals surface area contributed by atoms with E-state index in [1.807, 2.05) is 30.3 Å². The number of rotatable bonds is 6. The summed E-state index contributed by atoms with van der Waals surface area (Å²) in [6.45, 7) is 8.99. The monoisotopic (exact) mass is 453 g/mol. The van der Waals surface area contributed by atoms with Gasteiger partial charge in [-0.1, -0.05) is 6.08 Å². The number of aromatic nitrogens is 3. The van der Waals surface area contributed by atoms with Crippen molar-refractivity contribution in [1.82, 2.24) is 15.0 Å². The highest BCUT2D eigenvalue weighted by Crippen LogP contribution is 2.29. The number of benzene rings is 1. The highest BCUT2D eigenvalue weighted by Gasteiger charge is 2.23. The average molecular weight is 454 g/mol. The maximum Gasteiger partial charge on any atom is 0.227 e. The van der Waals surface area contributed by atoms with Gasteiger partial charge in [-0.05, 0) is 54.8 Å². The third kappa shape index (κ3) is 4.70. The zero-order chi connectivity index (χ0) is 23.3. The Balaban J connectivity index is 1.32. The third-order valence-corrected chi connectivity index (χ3v) is 6.30. The molecule has 2 saturated heterocycles. The summed E-state index contributed by atoms with van der Waals surface area (Å²) in [6.07, 6.45) is 4.73. The lowest BCUT2D eigenvalue weighted by Crippen LogP contribution is -2.36. The zero-order valence-electron chi connectivity index (χ0n) is 19.0. The summed E-state index contributed by atoms with van der Waals surface area (Å²) in [5.74, 6) is 0.930. The van der Waals surface area contributed by atoms with Crippen LogP contribution in [0.5, 0.6) is 0 Å². The van der Waals surface area contributed by atoms with Crippen LogP contribution in [0.4, 0.5) is 23.0 Å². The second-order valence-corrected chi connectivity index (χ2v) is 8.44. The summed E-state index contributed by atoms with van der Waals surface area (Å²) >= 11 is 0. The van der Waals surface area contributed by atoms with Crippen LogP contribution < -0.4 is 15.1 Å². The number of hydrogen-bond donors (Lipinski definition) is 1. The van der Waals surface area contributed by atoms with Crippen LogP contribution in [0.25, 0.3) is 11.4 Å². The molecule has 8 heteroatoms. The molecule has 2 fully saturated rings. The lowest BCUT2D eigenvalue weighted by atomic mass is 10.1. The highest BCUT2D eigenvalue weighted by atomic mass is 16.5. The van der Waals surface area contributed by atoms with Crippen LogP contribution in [0.2, 0.25) is 0 Å². The predicted octanol–water partition coefficient (Wildman–Crippen LogP) is 4.00. The molecule has 0 spiro atoms. The molecule has 0 aliphatic carbocycles. The van der Waals surface area contributed by atoms with Gasteiger partial charge < -0.3 is 19.9 Å². The lowest BCUT2D eigenvalue weighted by molar-refractivity contribution is 0.122. The van der Waals surface area contributed by atoms with E-state index < -0.39 is 0 Å². The van der Waals surface area contributed by atoms with Gasteiger partial charge >= 0.3 is 0 Å². The largest absolute Gasteiger partial charge is 0.378 e. The minimum Gasteiger partial charge on any atom is -0.378 e. The number of morpholine rings is 1. The Morgan fingerprint density at radius 2 is 1.79 bits per heavy atom. The van der Waals surface area contributed by atoms with Crippen LogP contribution in [0.1, 0.15) is 12.1 Å². The number of anilines is 4. The van der Waals surface area contributed by atoms with Crippen molar-refractivity contribution >= 4 is 23.0 Å².